The number of aliphatic hydroxyl groups is 1. The summed E-state index contributed by atoms with van der Waals surface area (Å²) in [6.45, 7) is 1.96. The standard InChI is InChI=1S/C29H35N3O4/c1-31(2)20-5-3-4-19(14-20)27(34)30-21-10-11-29(35)23-15-18-8-9-22(33)25-24(18)28(29,26(21)36-25)12-13-32(23)16-17-6-7-17/h3-5,8-9,14,17,21,23,26,33,35H,6-7,10-13,15-16H2,1-2H3,(H,30,34)/t21?,23-,26+,28+,29-/m1/s1. The van der Waals surface area contributed by atoms with E-state index in [0.29, 0.717) is 24.2 Å². The first-order chi connectivity index (χ1) is 17.3. The van der Waals surface area contributed by atoms with Crippen molar-refractivity contribution in [3.05, 3.63) is 53.1 Å². The first-order valence-electron chi connectivity index (χ1n) is 13.4. The van der Waals surface area contributed by atoms with Gasteiger partial charge in [-0.3, -0.25) is 9.69 Å². The van der Waals surface area contributed by atoms with E-state index in [1.54, 1.807) is 6.07 Å². The van der Waals surface area contributed by atoms with Crippen molar-refractivity contribution >= 4 is 11.6 Å². The van der Waals surface area contributed by atoms with Crippen LogP contribution in [0.25, 0.3) is 0 Å². The van der Waals surface area contributed by atoms with Crippen molar-refractivity contribution in [1.82, 2.24) is 10.2 Å². The van der Waals surface area contributed by atoms with Gasteiger partial charge in [0.25, 0.3) is 5.91 Å². The van der Waals surface area contributed by atoms with E-state index in [9.17, 15) is 15.0 Å². The third-order valence-electron chi connectivity index (χ3n) is 9.70. The fourth-order valence-corrected chi connectivity index (χ4v) is 7.81. The topological polar surface area (TPSA) is 85.3 Å². The van der Waals surface area contributed by atoms with E-state index in [0.717, 1.165) is 43.1 Å². The zero-order chi connectivity index (χ0) is 24.8. The molecule has 2 saturated carbocycles. The van der Waals surface area contributed by atoms with Crippen LogP contribution in [0.15, 0.2) is 36.4 Å². The number of anilines is 1. The quantitative estimate of drug-likeness (QED) is 0.599. The summed E-state index contributed by atoms with van der Waals surface area (Å²) in [6.07, 6.45) is 4.95. The second kappa shape index (κ2) is 7.62. The number of piperidine rings is 1. The van der Waals surface area contributed by atoms with Gasteiger partial charge in [-0.2, -0.15) is 0 Å². The number of aromatic hydroxyl groups is 1. The van der Waals surface area contributed by atoms with Crippen LogP contribution in [0.3, 0.4) is 0 Å². The molecule has 2 aliphatic heterocycles. The predicted molar refractivity (Wildman–Crippen MR) is 137 cm³/mol. The Morgan fingerprint density at radius 3 is 2.81 bits per heavy atom. The molecule has 3 N–H and O–H groups in total. The number of hydrogen-bond acceptors (Lipinski definition) is 6. The molecule has 1 amide bonds. The predicted octanol–water partition coefficient (Wildman–Crippen LogP) is 2.82. The molecule has 3 fully saturated rings. The molecule has 1 unspecified atom stereocenters. The number of rotatable bonds is 5. The molecule has 0 aromatic heterocycles. The SMILES string of the molecule is CN(C)c1cccc(C(=O)NC2CC[C@@]3(O)[C@H]4Cc5ccc(O)c6c5[C@@]3(CCN4CC3CC3)[C@H]2O6)c1. The Labute approximate surface area is 212 Å². The molecule has 7 nitrogen and oxygen atoms in total. The second-order valence-electron chi connectivity index (χ2n) is 11.9. The molecule has 0 radical (unpaired) electrons. The van der Waals surface area contributed by atoms with Crippen molar-refractivity contribution in [3.8, 4) is 11.5 Å². The van der Waals surface area contributed by atoms with Crippen molar-refractivity contribution in [2.75, 3.05) is 32.1 Å². The molecule has 7 rings (SSSR count). The number of nitrogens with one attached hydrogen (secondary N) is 1. The summed E-state index contributed by atoms with van der Waals surface area (Å²) in [5, 5.41) is 26.6. The maximum Gasteiger partial charge on any atom is 0.251 e. The number of nitrogens with zero attached hydrogens (tertiary/aromatic N) is 2. The number of carbonyl (C=O) groups excluding carboxylic acids is 1. The maximum absolute atomic E-state index is 13.4. The minimum atomic E-state index is -0.942. The molecule has 2 aromatic rings. The lowest BCUT2D eigenvalue weighted by molar-refractivity contribution is -0.191. The summed E-state index contributed by atoms with van der Waals surface area (Å²) in [5.74, 6) is 1.26. The van der Waals surface area contributed by atoms with Gasteiger partial charge in [-0.25, -0.2) is 0 Å². The minimum Gasteiger partial charge on any atom is -0.504 e. The van der Waals surface area contributed by atoms with Crippen LogP contribution >= 0.6 is 0 Å². The molecule has 5 aliphatic rings. The number of hydrogen-bond donors (Lipinski definition) is 3. The molecular formula is C29H35N3O4. The highest BCUT2D eigenvalue weighted by atomic mass is 16.5. The first-order valence-corrected chi connectivity index (χ1v) is 13.4. The second-order valence-corrected chi connectivity index (χ2v) is 11.9. The number of ether oxygens (including phenoxy) is 1. The van der Waals surface area contributed by atoms with Gasteiger partial charge >= 0.3 is 0 Å². The zero-order valence-electron chi connectivity index (χ0n) is 21.0. The number of amides is 1. The van der Waals surface area contributed by atoms with Crippen molar-refractivity contribution in [1.29, 1.82) is 0 Å². The Morgan fingerprint density at radius 1 is 1.19 bits per heavy atom. The molecule has 36 heavy (non-hydrogen) atoms. The van der Waals surface area contributed by atoms with Crippen molar-refractivity contribution in [2.45, 2.75) is 67.7 Å². The minimum absolute atomic E-state index is 0.0365. The highest BCUT2D eigenvalue weighted by molar-refractivity contribution is 5.95. The summed E-state index contributed by atoms with van der Waals surface area (Å²) >= 11 is 0. The van der Waals surface area contributed by atoms with Crippen molar-refractivity contribution < 1.29 is 19.7 Å². The molecule has 2 aromatic carbocycles. The van der Waals surface area contributed by atoms with Gasteiger partial charge in [0.2, 0.25) is 0 Å². The van der Waals surface area contributed by atoms with E-state index >= 15 is 0 Å². The smallest absolute Gasteiger partial charge is 0.251 e. The molecule has 5 atom stereocenters. The van der Waals surface area contributed by atoms with Gasteiger partial charge in [0.15, 0.2) is 11.5 Å². The van der Waals surface area contributed by atoms with Crippen LogP contribution in [0.1, 0.15) is 53.6 Å². The average molecular weight is 490 g/mol. The normalized spacial score (nSPS) is 34.0. The van der Waals surface area contributed by atoms with E-state index in [1.165, 1.54) is 18.4 Å². The van der Waals surface area contributed by atoms with Crippen LogP contribution in [-0.4, -0.2) is 72.0 Å². The Bertz CT molecular complexity index is 1240. The number of phenols is 1. The summed E-state index contributed by atoms with van der Waals surface area (Å²) in [6, 6.07) is 11.1. The summed E-state index contributed by atoms with van der Waals surface area (Å²) in [7, 11) is 3.92. The summed E-state index contributed by atoms with van der Waals surface area (Å²) < 4.78 is 6.56. The highest BCUT2D eigenvalue weighted by Gasteiger charge is 2.73. The van der Waals surface area contributed by atoms with E-state index in [2.05, 4.69) is 10.2 Å². The Balaban J connectivity index is 1.26. The number of benzene rings is 2. The highest BCUT2D eigenvalue weighted by Crippen LogP contribution is 2.65. The summed E-state index contributed by atoms with van der Waals surface area (Å²) in [5.41, 5.74) is 2.18. The fraction of sp³-hybridized carbons (Fsp3) is 0.552. The number of phenolic OH excluding ortho intramolecular Hbond substituents is 1. The lowest BCUT2D eigenvalue weighted by atomic mass is 9.48. The van der Waals surface area contributed by atoms with Gasteiger partial charge in [-0.15, -0.1) is 0 Å². The maximum atomic E-state index is 13.4. The van der Waals surface area contributed by atoms with E-state index in [4.69, 9.17) is 4.74 Å². The van der Waals surface area contributed by atoms with Gasteiger partial charge in [-0.1, -0.05) is 12.1 Å². The van der Waals surface area contributed by atoms with E-state index in [1.807, 2.05) is 49.3 Å². The van der Waals surface area contributed by atoms with E-state index in [-0.39, 0.29) is 23.7 Å². The molecule has 7 heteroatoms. The molecule has 3 aliphatic carbocycles. The molecule has 2 heterocycles. The van der Waals surface area contributed by atoms with Gasteiger partial charge in [0, 0.05) is 43.5 Å². The third-order valence-corrected chi connectivity index (χ3v) is 9.70. The third kappa shape index (κ3) is 2.96. The van der Waals surface area contributed by atoms with E-state index < -0.39 is 17.1 Å². The van der Waals surface area contributed by atoms with Gasteiger partial charge in [-0.05, 0) is 80.8 Å². The van der Waals surface area contributed by atoms with Crippen LogP contribution in [0, 0.1) is 5.92 Å². The van der Waals surface area contributed by atoms with Crippen molar-refractivity contribution in [2.24, 2.45) is 5.92 Å². The first kappa shape index (κ1) is 22.4. The Kier molecular flexibility index (Phi) is 4.75. The fourth-order valence-electron chi connectivity index (χ4n) is 7.81. The lowest BCUT2D eigenvalue weighted by Gasteiger charge is -2.64. The zero-order valence-corrected chi connectivity index (χ0v) is 21.0. The molecule has 2 bridgehead atoms. The molecule has 190 valence electrons. The largest absolute Gasteiger partial charge is 0.504 e. The molecule has 1 saturated heterocycles. The van der Waals surface area contributed by atoms with Crippen molar-refractivity contribution in [3.63, 3.8) is 0 Å². The molecule has 1 spiro atoms. The van der Waals surface area contributed by atoms with Gasteiger partial charge < -0.3 is 25.2 Å². The average Bonchev–Trinajstić information content (AvgIpc) is 3.61. The van der Waals surface area contributed by atoms with Crippen LogP contribution < -0.4 is 15.0 Å². The van der Waals surface area contributed by atoms with Crippen LogP contribution in [-0.2, 0) is 11.8 Å². The number of carbonyl (C=O) groups is 1. The van der Waals surface area contributed by atoms with Gasteiger partial charge in [0.05, 0.1) is 17.1 Å². The monoisotopic (exact) mass is 489 g/mol. The number of likely N-dealkylation sites (tertiary alicyclic amines) is 1. The van der Waals surface area contributed by atoms with Crippen LogP contribution in [0.4, 0.5) is 5.69 Å². The Hall–Kier alpha value is -2.77. The van der Waals surface area contributed by atoms with Crippen LogP contribution in [0.2, 0.25) is 0 Å². The van der Waals surface area contributed by atoms with Crippen LogP contribution in [0.5, 0.6) is 11.5 Å². The summed E-state index contributed by atoms with van der Waals surface area (Å²) in [4.78, 5) is 17.9. The van der Waals surface area contributed by atoms with Gasteiger partial charge in [0.1, 0.15) is 6.10 Å². The molecular weight excluding hydrogens is 454 g/mol. The lowest BCUT2D eigenvalue weighted by Crippen LogP contribution is -2.78. The Morgan fingerprint density at radius 2 is 2.03 bits per heavy atom.